The van der Waals surface area contributed by atoms with Crippen LogP contribution in [0.4, 0.5) is 18.9 Å². The number of carboxylic acids is 1. The zero-order valence-electron chi connectivity index (χ0n) is 29.3. The Kier molecular flexibility index (Phi) is 15.7. The van der Waals surface area contributed by atoms with Crippen LogP contribution < -0.4 is 26.6 Å². The first-order valence-electron chi connectivity index (χ1n) is 16.6. The van der Waals surface area contributed by atoms with Crippen molar-refractivity contribution in [3.63, 3.8) is 0 Å². The first kappa shape index (κ1) is 42.2. The molecule has 2 aliphatic heterocycles. The molecule has 2 bridgehead atoms. The number of benzene rings is 3. The lowest BCUT2D eigenvalue weighted by molar-refractivity contribution is -0.145. The van der Waals surface area contributed by atoms with Crippen molar-refractivity contribution in [2.24, 2.45) is 0 Å². The first-order valence-corrected chi connectivity index (χ1v) is 16.6. The highest BCUT2D eigenvalue weighted by Gasteiger charge is 2.30. The second-order valence-corrected chi connectivity index (χ2v) is 12.1. The first-order chi connectivity index (χ1) is 25.5. The van der Waals surface area contributed by atoms with Gasteiger partial charge in [0.25, 0.3) is 0 Å². The van der Waals surface area contributed by atoms with Crippen LogP contribution in [0.2, 0.25) is 0 Å². The Bertz CT molecular complexity index is 1790. The maximum absolute atomic E-state index is 13.4. The average Bonchev–Trinajstić information content (AvgIpc) is 3.12. The quantitative estimate of drug-likeness (QED) is 0.167. The number of hydrogen-bond donors (Lipinski definition) is 6. The molecular formula is C37H40F3N5O9. The molecule has 288 valence electrons. The van der Waals surface area contributed by atoms with Crippen LogP contribution in [0, 0.1) is 6.92 Å². The van der Waals surface area contributed by atoms with E-state index in [2.05, 4.69) is 26.6 Å². The largest absolute Gasteiger partial charge is 0.481 e. The minimum atomic E-state index is -4.21. The van der Waals surface area contributed by atoms with Gasteiger partial charge in [-0.05, 0) is 42.3 Å². The third-order valence-corrected chi connectivity index (χ3v) is 7.83. The van der Waals surface area contributed by atoms with Crippen molar-refractivity contribution in [3.05, 3.63) is 101 Å². The molecule has 17 heteroatoms. The minimum absolute atomic E-state index is 0.0415. The maximum atomic E-state index is 13.4. The van der Waals surface area contributed by atoms with Crippen LogP contribution in [0.25, 0.3) is 0 Å². The van der Waals surface area contributed by atoms with E-state index in [9.17, 15) is 51.8 Å². The topological polar surface area (TPSA) is 209 Å². The molecule has 0 aromatic heterocycles. The van der Waals surface area contributed by atoms with Gasteiger partial charge in [0.2, 0.25) is 29.5 Å². The molecule has 3 atom stereocenters. The van der Waals surface area contributed by atoms with Gasteiger partial charge in [-0.15, -0.1) is 0 Å². The van der Waals surface area contributed by atoms with Crippen LogP contribution in [0.1, 0.15) is 41.5 Å². The summed E-state index contributed by atoms with van der Waals surface area (Å²) in [6, 6.07) is 16.5. The predicted molar refractivity (Wildman–Crippen MR) is 187 cm³/mol. The standard InChI is InChI=1S/C29H33N5O9.C8H7F3/c1-43-29(42)22-14-18-7-9-19(10-8-18)31-23(35)11-12-24(36)32-21(15-26(38)39)27(40)30-16-25(37)33-20(28(41)34-22)13-17-5-3-2-4-6-17;1-6-2-4-7(5-3-6)8(9,10)11/h2-10,20-22H,11-16H2,1H3,(H,30,40)(H,31,35)(H,32,36)(H,33,37)(H,34,41)(H,38,39);2-5H,1H3/t20-,21-,22+;/m1./s1. The molecule has 5 rings (SSSR count). The Balaban J connectivity index is 0.000000609. The summed E-state index contributed by atoms with van der Waals surface area (Å²) in [4.78, 5) is 87.6. The normalized spacial score (nSPS) is 18.9. The van der Waals surface area contributed by atoms with Gasteiger partial charge in [-0.2, -0.15) is 13.2 Å². The highest BCUT2D eigenvalue weighted by atomic mass is 19.4. The molecule has 2 heterocycles. The lowest BCUT2D eigenvalue weighted by Crippen LogP contribution is -2.55. The van der Waals surface area contributed by atoms with Crippen LogP contribution >= 0.6 is 0 Å². The number of esters is 1. The smallest absolute Gasteiger partial charge is 0.416 e. The van der Waals surface area contributed by atoms with Gasteiger partial charge < -0.3 is 36.4 Å². The number of carbonyl (C=O) groups excluding carboxylic acids is 6. The van der Waals surface area contributed by atoms with E-state index in [-0.39, 0.29) is 25.7 Å². The molecule has 14 nitrogen and oxygen atoms in total. The summed E-state index contributed by atoms with van der Waals surface area (Å²) < 4.78 is 40.6. The van der Waals surface area contributed by atoms with Crippen molar-refractivity contribution < 1.29 is 56.6 Å². The summed E-state index contributed by atoms with van der Waals surface area (Å²) in [5.41, 5.74) is 1.98. The highest BCUT2D eigenvalue weighted by Crippen LogP contribution is 2.28. The van der Waals surface area contributed by atoms with Crippen molar-refractivity contribution >= 4 is 47.2 Å². The Morgan fingerprint density at radius 1 is 0.778 bits per heavy atom. The van der Waals surface area contributed by atoms with Crippen LogP contribution in [-0.4, -0.2) is 78.4 Å². The molecule has 2 aliphatic rings. The van der Waals surface area contributed by atoms with Crippen LogP contribution in [0.5, 0.6) is 0 Å². The van der Waals surface area contributed by atoms with E-state index in [0.29, 0.717) is 16.8 Å². The lowest BCUT2D eigenvalue weighted by atomic mass is 10.0. The van der Waals surface area contributed by atoms with Gasteiger partial charge in [-0.3, -0.25) is 28.8 Å². The summed E-state index contributed by atoms with van der Waals surface area (Å²) in [5.74, 6) is -5.76. The van der Waals surface area contributed by atoms with Crippen molar-refractivity contribution in [2.45, 2.75) is 63.3 Å². The predicted octanol–water partition coefficient (Wildman–Crippen LogP) is 2.44. The van der Waals surface area contributed by atoms with E-state index in [1.54, 1.807) is 61.5 Å². The second kappa shape index (κ2) is 20.1. The van der Waals surface area contributed by atoms with Crippen molar-refractivity contribution in [1.29, 1.82) is 0 Å². The molecule has 6 N–H and O–H groups in total. The third kappa shape index (κ3) is 14.4. The van der Waals surface area contributed by atoms with Gasteiger partial charge in [0.15, 0.2) is 0 Å². The monoisotopic (exact) mass is 755 g/mol. The number of ether oxygens (including phenoxy) is 1. The summed E-state index contributed by atoms with van der Waals surface area (Å²) in [6.07, 6.45) is -5.48. The number of fused-ring (bicyclic) bond motifs is 18. The van der Waals surface area contributed by atoms with Gasteiger partial charge in [0.05, 0.1) is 25.6 Å². The Labute approximate surface area is 308 Å². The molecular weight excluding hydrogens is 715 g/mol. The van der Waals surface area contributed by atoms with Crippen molar-refractivity contribution in [3.8, 4) is 0 Å². The number of aliphatic carboxylic acids is 1. The molecule has 3 aromatic rings. The van der Waals surface area contributed by atoms with Crippen molar-refractivity contribution in [1.82, 2.24) is 21.3 Å². The fourth-order valence-corrected chi connectivity index (χ4v) is 5.01. The molecule has 0 aliphatic carbocycles. The SMILES string of the molecule is COC(=O)[C@@H]1Cc2ccc(cc2)NC(=O)CCC(=O)N[C@H](CC(=O)O)C(=O)NCC(=O)N[C@H](Cc2ccccc2)C(=O)N1.Cc1ccc(C(F)(F)F)cc1. The number of anilines is 1. The van der Waals surface area contributed by atoms with E-state index >= 15 is 0 Å². The zero-order valence-corrected chi connectivity index (χ0v) is 29.3. The van der Waals surface area contributed by atoms with Crippen LogP contribution in [-0.2, 0) is 57.3 Å². The maximum Gasteiger partial charge on any atom is 0.416 e. The summed E-state index contributed by atoms with van der Waals surface area (Å²) in [6.45, 7) is 1.11. The molecule has 0 spiro atoms. The van der Waals surface area contributed by atoms with Gasteiger partial charge in [-0.1, -0.05) is 60.2 Å². The van der Waals surface area contributed by atoms with Gasteiger partial charge in [-0.25, -0.2) is 4.79 Å². The number of carbonyl (C=O) groups is 7. The number of alkyl halides is 3. The summed E-state index contributed by atoms with van der Waals surface area (Å²) in [7, 11) is 1.18. The number of hydrogen-bond acceptors (Lipinski definition) is 8. The van der Waals surface area contributed by atoms with Gasteiger partial charge in [0, 0.05) is 31.4 Å². The van der Waals surface area contributed by atoms with Crippen LogP contribution in [0.15, 0.2) is 78.9 Å². The zero-order chi connectivity index (χ0) is 39.8. The Morgan fingerprint density at radius 2 is 1.39 bits per heavy atom. The highest BCUT2D eigenvalue weighted by molar-refractivity contribution is 5.96. The van der Waals surface area contributed by atoms with E-state index in [0.717, 1.165) is 17.7 Å². The molecule has 0 unspecified atom stereocenters. The number of carboxylic acid groups (broad SMARTS) is 1. The number of aryl methyl sites for hydroxylation is 1. The van der Waals surface area contributed by atoms with Crippen molar-refractivity contribution in [2.75, 3.05) is 19.0 Å². The molecule has 54 heavy (non-hydrogen) atoms. The molecule has 0 fully saturated rings. The van der Waals surface area contributed by atoms with E-state index in [1.807, 2.05) is 0 Å². The Hall–Kier alpha value is -6.26. The summed E-state index contributed by atoms with van der Waals surface area (Å²) in [5, 5.41) is 21.5. The molecule has 0 saturated heterocycles. The van der Waals surface area contributed by atoms with Gasteiger partial charge >= 0.3 is 18.1 Å². The number of methoxy groups -OCH3 is 1. The fraction of sp³-hybridized carbons (Fsp3) is 0.324. The lowest BCUT2D eigenvalue weighted by Gasteiger charge is -2.23. The Morgan fingerprint density at radius 3 is 1.98 bits per heavy atom. The van der Waals surface area contributed by atoms with E-state index in [4.69, 9.17) is 4.74 Å². The number of amides is 5. The molecule has 5 amide bonds. The average molecular weight is 756 g/mol. The number of nitrogens with one attached hydrogen (secondary N) is 5. The van der Waals surface area contributed by atoms with Gasteiger partial charge in [0.1, 0.15) is 18.1 Å². The fourth-order valence-electron chi connectivity index (χ4n) is 5.01. The molecule has 0 saturated carbocycles. The van der Waals surface area contributed by atoms with E-state index < -0.39 is 84.3 Å². The van der Waals surface area contributed by atoms with E-state index in [1.165, 1.54) is 19.2 Å². The molecule has 3 aromatic carbocycles. The number of halogens is 3. The molecule has 0 radical (unpaired) electrons. The van der Waals surface area contributed by atoms with Crippen LogP contribution in [0.3, 0.4) is 0 Å². The summed E-state index contributed by atoms with van der Waals surface area (Å²) >= 11 is 0. The number of rotatable bonds is 5. The minimum Gasteiger partial charge on any atom is -0.481 e. The second-order valence-electron chi connectivity index (χ2n) is 12.1. The third-order valence-electron chi connectivity index (χ3n) is 7.83.